The summed E-state index contributed by atoms with van der Waals surface area (Å²) in [5, 5.41) is 3.95. The Morgan fingerprint density at radius 2 is 1.89 bits per heavy atom. The fraction of sp³-hybridized carbons (Fsp3) is 0.733. The van der Waals surface area contributed by atoms with Gasteiger partial charge in [0.15, 0.2) is 5.69 Å². The normalized spacial score (nSPS) is 21.1. The monoisotopic (exact) mass is 262 g/mol. The second kappa shape index (κ2) is 5.35. The third kappa shape index (κ3) is 2.82. The average molecular weight is 262 g/mol. The van der Waals surface area contributed by atoms with Crippen molar-refractivity contribution >= 4 is 5.91 Å². The molecule has 0 bridgehead atoms. The molecule has 0 radical (unpaired) electrons. The largest absolute Gasteiger partial charge is 0.360 e. The first-order valence-electron chi connectivity index (χ1n) is 7.49. The Kier molecular flexibility index (Phi) is 3.58. The molecule has 1 aromatic heterocycles. The van der Waals surface area contributed by atoms with Crippen LogP contribution in [0.15, 0.2) is 10.6 Å². The lowest BCUT2D eigenvalue weighted by atomic mass is 10.1. The lowest BCUT2D eigenvalue weighted by molar-refractivity contribution is 0.0707. The van der Waals surface area contributed by atoms with Gasteiger partial charge in [0, 0.05) is 25.1 Å². The lowest BCUT2D eigenvalue weighted by Crippen LogP contribution is -2.36. The summed E-state index contributed by atoms with van der Waals surface area (Å²) >= 11 is 0. The fourth-order valence-electron chi connectivity index (χ4n) is 2.94. The van der Waals surface area contributed by atoms with E-state index in [-0.39, 0.29) is 5.91 Å². The van der Waals surface area contributed by atoms with Crippen LogP contribution in [0.3, 0.4) is 0 Å². The van der Waals surface area contributed by atoms with Gasteiger partial charge in [-0.3, -0.25) is 4.79 Å². The zero-order valence-electron chi connectivity index (χ0n) is 11.6. The number of amides is 1. The zero-order valence-corrected chi connectivity index (χ0v) is 11.6. The third-order valence-electron chi connectivity index (χ3n) is 4.42. The summed E-state index contributed by atoms with van der Waals surface area (Å²) in [4.78, 5) is 14.3. The van der Waals surface area contributed by atoms with Crippen molar-refractivity contribution in [2.75, 3.05) is 7.05 Å². The van der Waals surface area contributed by atoms with Crippen molar-refractivity contribution in [1.82, 2.24) is 10.1 Å². The van der Waals surface area contributed by atoms with E-state index in [1.54, 1.807) is 0 Å². The number of hydrogen-bond acceptors (Lipinski definition) is 3. The quantitative estimate of drug-likeness (QED) is 0.785. The number of nitrogens with zero attached hydrogens (tertiary/aromatic N) is 2. The summed E-state index contributed by atoms with van der Waals surface area (Å²) in [5.41, 5.74) is 0.480. The summed E-state index contributed by atoms with van der Waals surface area (Å²) in [7, 11) is 1.91. The minimum Gasteiger partial charge on any atom is -0.360 e. The minimum atomic E-state index is 0.0162. The maximum atomic E-state index is 12.4. The molecule has 2 fully saturated rings. The molecule has 4 nitrogen and oxygen atoms in total. The van der Waals surface area contributed by atoms with Crippen LogP contribution in [0, 0.1) is 0 Å². The van der Waals surface area contributed by atoms with Crippen molar-refractivity contribution in [2.24, 2.45) is 0 Å². The molecular weight excluding hydrogens is 240 g/mol. The second-order valence-electron chi connectivity index (χ2n) is 5.95. The van der Waals surface area contributed by atoms with Crippen molar-refractivity contribution in [2.45, 2.75) is 63.3 Å². The van der Waals surface area contributed by atoms with Gasteiger partial charge in [0.1, 0.15) is 5.76 Å². The number of carbonyl (C=O) groups is 1. The Bertz CT molecular complexity index is 443. The van der Waals surface area contributed by atoms with Crippen molar-refractivity contribution in [1.29, 1.82) is 0 Å². The molecule has 1 amide bonds. The molecule has 0 aromatic carbocycles. The smallest absolute Gasteiger partial charge is 0.276 e. The van der Waals surface area contributed by atoms with Gasteiger partial charge >= 0.3 is 0 Å². The first-order valence-corrected chi connectivity index (χ1v) is 7.49. The Labute approximate surface area is 114 Å². The first-order chi connectivity index (χ1) is 9.25. The maximum Gasteiger partial charge on any atom is 0.276 e. The number of aromatic nitrogens is 1. The SMILES string of the molecule is CN(C(=O)c1cc(C2CC2)on1)C1CCCCCC1. The molecule has 0 unspecified atom stereocenters. The van der Waals surface area contributed by atoms with Crippen molar-refractivity contribution in [3.63, 3.8) is 0 Å². The molecule has 0 saturated heterocycles. The van der Waals surface area contributed by atoms with Crippen molar-refractivity contribution in [3.05, 3.63) is 17.5 Å². The van der Waals surface area contributed by atoms with Crippen LogP contribution in [0.25, 0.3) is 0 Å². The lowest BCUT2D eigenvalue weighted by Gasteiger charge is -2.26. The second-order valence-corrected chi connectivity index (χ2v) is 5.95. The highest BCUT2D eigenvalue weighted by Crippen LogP contribution is 2.40. The molecule has 104 valence electrons. The topological polar surface area (TPSA) is 46.3 Å². The van der Waals surface area contributed by atoms with Gasteiger partial charge in [-0.1, -0.05) is 30.8 Å². The molecule has 0 N–H and O–H groups in total. The molecular formula is C15H22N2O2. The predicted octanol–water partition coefficient (Wildman–Crippen LogP) is 3.35. The van der Waals surface area contributed by atoms with Crippen LogP contribution >= 0.6 is 0 Å². The molecule has 4 heteroatoms. The van der Waals surface area contributed by atoms with Gasteiger partial charge in [0.25, 0.3) is 5.91 Å². The van der Waals surface area contributed by atoms with Crippen LogP contribution in [-0.4, -0.2) is 29.1 Å². The van der Waals surface area contributed by atoms with Gasteiger partial charge in [-0.25, -0.2) is 0 Å². The molecule has 0 atom stereocenters. The van der Waals surface area contributed by atoms with Crippen LogP contribution in [-0.2, 0) is 0 Å². The molecule has 2 saturated carbocycles. The Morgan fingerprint density at radius 1 is 1.21 bits per heavy atom. The van der Waals surface area contributed by atoms with E-state index in [1.165, 1.54) is 38.5 Å². The highest BCUT2D eigenvalue weighted by Gasteiger charge is 2.30. The Hall–Kier alpha value is -1.32. The Balaban J connectivity index is 1.66. The summed E-state index contributed by atoms with van der Waals surface area (Å²) in [6.07, 6.45) is 9.64. The fourth-order valence-corrected chi connectivity index (χ4v) is 2.94. The van der Waals surface area contributed by atoms with Gasteiger partial charge < -0.3 is 9.42 Å². The molecule has 2 aliphatic carbocycles. The highest BCUT2D eigenvalue weighted by atomic mass is 16.5. The number of carbonyl (C=O) groups excluding carboxylic acids is 1. The van der Waals surface area contributed by atoms with Gasteiger partial charge in [-0.05, 0) is 25.7 Å². The van der Waals surface area contributed by atoms with E-state index < -0.39 is 0 Å². The molecule has 1 heterocycles. The average Bonchev–Trinajstić information content (AvgIpc) is 3.21. The van der Waals surface area contributed by atoms with Gasteiger partial charge in [0.05, 0.1) is 0 Å². The molecule has 0 aliphatic heterocycles. The van der Waals surface area contributed by atoms with E-state index in [0.717, 1.165) is 18.6 Å². The minimum absolute atomic E-state index is 0.0162. The highest BCUT2D eigenvalue weighted by molar-refractivity contribution is 5.92. The molecule has 1 aromatic rings. The number of rotatable bonds is 3. The van der Waals surface area contributed by atoms with E-state index in [9.17, 15) is 4.79 Å². The van der Waals surface area contributed by atoms with Crippen LogP contribution in [0.5, 0.6) is 0 Å². The molecule has 3 rings (SSSR count). The molecule has 19 heavy (non-hydrogen) atoms. The van der Waals surface area contributed by atoms with E-state index in [2.05, 4.69) is 5.16 Å². The maximum absolute atomic E-state index is 12.4. The molecule has 0 spiro atoms. The van der Waals surface area contributed by atoms with Crippen molar-refractivity contribution in [3.8, 4) is 0 Å². The Morgan fingerprint density at radius 3 is 2.53 bits per heavy atom. The van der Waals surface area contributed by atoms with E-state index in [1.807, 2.05) is 18.0 Å². The van der Waals surface area contributed by atoms with Crippen LogP contribution in [0.1, 0.15) is 73.5 Å². The van der Waals surface area contributed by atoms with Crippen molar-refractivity contribution < 1.29 is 9.32 Å². The predicted molar refractivity (Wildman–Crippen MR) is 72.1 cm³/mol. The first kappa shape index (κ1) is 12.7. The molecule has 2 aliphatic rings. The number of hydrogen-bond donors (Lipinski definition) is 0. The van der Waals surface area contributed by atoms with E-state index >= 15 is 0 Å². The standard InChI is InChI=1S/C15H22N2O2/c1-17(12-6-4-2-3-5-7-12)15(18)13-10-14(19-16-13)11-8-9-11/h10-12H,2-9H2,1H3. The summed E-state index contributed by atoms with van der Waals surface area (Å²) < 4.78 is 5.27. The summed E-state index contributed by atoms with van der Waals surface area (Å²) in [5.74, 6) is 1.41. The third-order valence-corrected chi connectivity index (χ3v) is 4.42. The van der Waals surface area contributed by atoms with Gasteiger partial charge in [-0.15, -0.1) is 0 Å². The summed E-state index contributed by atoms with van der Waals surface area (Å²) in [6, 6.07) is 2.21. The van der Waals surface area contributed by atoms with Crippen LogP contribution < -0.4 is 0 Å². The van der Waals surface area contributed by atoms with Gasteiger partial charge in [0.2, 0.25) is 0 Å². The van der Waals surface area contributed by atoms with Crippen LogP contribution in [0.4, 0.5) is 0 Å². The van der Waals surface area contributed by atoms with E-state index in [0.29, 0.717) is 17.7 Å². The van der Waals surface area contributed by atoms with E-state index in [4.69, 9.17) is 4.52 Å². The zero-order chi connectivity index (χ0) is 13.2. The van der Waals surface area contributed by atoms with Crippen LogP contribution in [0.2, 0.25) is 0 Å². The summed E-state index contributed by atoms with van der Waals surface area (Å²) in [6.45, 7) is 0. The van der Waals surface area contributed by atoms with Gasteiger partial charge in [-0.2, -0.15) is 0 Å².